The van der Waals surface area contributed by atoms with Gasteiger partial charge in [-0.2, -0.15) is 0 Å². The first-order valence-corrected chi connectivity index (χ1v) is 6.30. The molecule has 0 spiro atoms. The third-order valence-electron chi connectivity index (χ3n) is 3.20. The average Bonchev–Trinajstić information content (AvgIpc) is 2.44. The van der Waals surface area contributed by atoms with Gasteiger partial charge in [-0.25, -0.2) is 0 Å². The van der Waals surface area contributed by atoms with Crippen molar-refractivity contribution >= 4 is 22.3 Å². The lowest BCUT2D eigenvalue weighted by molar-refractivity contribution is 0.00522. The number of benzene rings is 2. The minimum atomic E-state index is -0.0178. The van der Waals surface area contributed by atoms with Crippen LogP contribution in [-0.4, -0.2) is 19.2 Å². The van der Waals surface area contributed by atoms with Crippen LogP contribution < -0.4 is 0 Å². The molecule has 2 aromatic carbocycles. The van der Waals surface area contributed by atoms with E-state index in [1.807, 2.05) is 43.3 Å². The van der Waals surface area contributed by atoms with E-state index >= 15 is 0 Å². The Kier molecular flexibility index (Phi) is 3.05. The van der Waals surface area contributed by atoms with Gasteiger partial charge in [-0.05, 0) is 12.3 Å². The molecule has 96 valence electrons. The Labute approximate surface area is 111 Å². The largest absolute Gasteiger partial charge is 0.467 e. The summed E-state index contributed by atoms with van der Waals surface area (Å²) in [5.41, 5.74) is 1.68. The summed E-state index contributed by atoms with van der Waals surface area (Å²) in [6, 6.07) is 11.7. The highest BCUT2D eigenvalue weighted by molar-refractivity contribution is 6.21. The fourth-order valence-electron chi connectivity index (χ4n) is 2.33. The molecule has 19 heavy (non-hydrogen) atoms. The van der Waals surface area contributed by atoms with E-state index in [1.54, 1.807) is 0 Å². The Morgan fingerprint density at radius 3 is 2.53 bits per heavy atom. The molecule has 0 heterocycles. The van der Waals surface area contributed by atoms with Gasteiger partial charge >= 0.3 is 0 Å². The first kappa shape index (κ1) is 11.9. The Morgan fingerprint density at radius 1 is 1.05 bits per heavy atom. The third kappa shape index (κ3) is 2.02. The first-order valence-electron chi connectivity index (χ1n) is 6.30. The Morgan fingerprint density at radius 2 is 1.79 bits per heavy atom. The van der Waals surface area contributed by atoms with E-state index in [2.05, 4.69) is 0 Å². The van der Waals surface area contributed by atoms with E-state index in [-0.39, 0.29) is 12.6 Å². The molecule has 3 rings (SSSR count). The topological polar surface area (TPSA) is 35.5 Å². The molecular weight excluding hydrogens is 240 g/mol. The molecule has 3 nitrogen and oxygen atoms in total. The fourth-order valence-corrected chi connectivity index (χ4v) is 2.33. The second-order valence-electron chi connectivity index (χ2n) is 4.34. The van der Waals surface area contributed by atoms with Gasteiger partial charge in [-0.3, -0.25) is 4.79 Å². The molecule has 0 atom stereocenters. The average molecular weight is 254 g/mol. The molecule has 0 aromatic heterocycles. The molecule has 0 saturated carbocycles. The molecule has 1 aliphatic carbocycles. The molecule has 0 radical (unpaired) electrons. The number of hydrogen-bond donors (Lipinski definition) is 0. The molecule has 0 fully saturated rings. The minimum absolute atomic E-state index is 0.0178. The number of carbonyl (C=O) groups is 1. The molecular formula is C16H14O3. The number of carbonyl (C=O) groups excluding carboxylic acids is 1. The quantitative estimate of drug-likeness (QED) is 0.619. The van der Waals surface area contributed by atoms with Crippen LogP contribution in [0.1, 0.15) is 22.8 Å². The highest BCUT2D eigenvalue weighted by Crippen LogP contribution is 2.33. The van der Waals surface area contributed by atoms with Crippen LogP contribution in [-0.2, 0) is 9.47 Å². The predicted octanol–water partition coefficient (Wildman–Crippen LogP) is 3.39. The maximum absolute atomic E-state index is 12.1. The summed E-state index contributed by atoms with van der Waals surface area (Å²) < 4.78 is 10.7. The van der Waals surface area contributed by atoms with Crippen molar-refractivity contribution in [3.8, 4) is 0 Å². The van der Waals surface area contributed by atoms with Crippen molar-refractivity contribution in [2.24, 2.45) is 0 Å². The summed E-state index contributed by atoms with van der Waals surface area (Å²) in [6.07, 6.45) is 1.54. The van der Waals surface area contributed by atoms with E-state index in [9.17, 15) is 4.79 Å². The summed E-state index contributed by atoms with van der Waals surface area (Å²) in [4.78, 5) is 12.1. The lowest BCUT2D eigenvalue weighted by Crippen LogP contribution is -2.08. The smallest absolute Gasteiger partial charge is 0.190 e. The van der Waals surface area contributed by atoms with Gasteiger partial charge in [0.2, 0.25) is 0 Å². The van der Waals surface area contributed by atoms with Crippen LogP contribution in [0.4, 0.5) is 0 Å². The number of rotatable bonds is 4. The molecule has 0 amide bonds. The summed E-state index contributed by atoms with van der Waals surface area (Å²) >= 11 is 0. The van der Waals surface area contributed by atoms with Gasteiger partial charge in [0.25, 0.3) is 0 Å². The van der Waals surface area contributed by atoms with Crippen LogP contribution in [0.2, 0.25) is 0 Å². The third-order valence-corrected chi connectivity index (χ3v) is 3.20. The number of hydrogen-bond acceptors (Lipinski definition) is 3. The molecule has 0 unspecified atom stereocenters. The van der Waals surface area contributed by atoms with Crippen molar-refractivity contribution in [2.45, 2.75) is 6.92 Å². The van der Waals surface area contributed by atoms with E-state index in [0.717, 1.165) is 21.9 Å². The van der Waals surface area contributed by atoms with Crippen molar-refractivity contribution < 1.29 is 14.3 Å². The summed E-state index contributed by atoms with van der Waals surface area (Å²) in [7, 11) is 0. The van der Waals surface area contributed by atoms with Gasteiger partial charge in [0.1, 0.15) is 5.76 Å². The van der Waals surface area contributed by atoms with Gasteiger partial charge in [-0.1, -0.05) is 36.4 Å². The van der Waals surface area contributed by atoms with Gasteiger partial charge in [0, 0.05) is 29.2 Å². The summed E-state index contributed by atoms with van der Waals surface area (Å²) in [6.45, 7) is 2.65. The minimum Gasteiger partial charge on any atom is -0.467 e. The second kappa shape index (κ2) is 4.86. The molecule has 3 heteroatoms. The van der Waals surface area contributed by atoms with Crippen molar-refractivity contribution in [2.75, 3.05) is 13.4 Å². The normalized spacial score (nSPS) is 13.5. The van der Waals surface area contributed by atoms with Crippen molar-refractivity contribution in [3.05, 3.63) is 53.6 Å². The highest BCUT2D eigenvalue weighted by atomic mass is 16.7. The molecule has 0 aliphatic heterocycles. The van der Waals surface area contributed by atoms with E-state index in [1.165, 1.54) is 6.08 Å². The van der Waals surface area contributed by atoms with Crippen molar-refractivity contribution in [3.63, 3.8) is 0 Å². The van der Waals surface area contributed by atoms with Crippen molar-refractivity contribution in [1.29, 1.82) is 0 Å². The first-order chi connectivity index (χ1) is 9.31. The van der Waals surface area contributed by atoms with E-state index < -0.39 is 0 Å². The number of allylic oxidation sites excluding steroid dienone is 1. The molecule has 0 N–H and O–H groups in total. The maximum atomic E-state index is 12.1. The molecule has 2 aromatic rings. The predicted molar refractivity (Wildman–Crippen MR) is 73.8 cm³/mol. The van der Waals surface area contributed by atoms with Gasteiger partial charge in [-0.15, -0.1) is 0 Å². The lowest BCUT2D eigenvalue weighted by Gasteiger charge is -2.18. The number of ether oxygens (including phenoxy) is 2. The van der Waals surface area contributed by atoms with Crippen LogP contribution >= 0.6 is 0 Å². The van der Waals surface area contributed by atoms with Gasteiger partial charge in [0.15, 0.2) is 12.6 Å². The summed E-state index contributed by atoms with van der Waals surface area (Å²) in [5.74, 6) is 0.568. The molecule has 0 saturated heterocycles. The SMILES string of the molecule is CCOCOC1=CC(=O)c2cccc3cccc1c23. The molecule has 0 bridgehead atoms. The van der Waals surface area contributed by atoms with E-state index in [4.69, 9.17) is 9.47 Å². The van der Waals surface area contributed by atoms with Crippen LogP contribution in [0.5, 0.6) is 0 Å². The zero-order valence-electron chi connectivity index (χ0n) is 10.7. The highest BCUT2D eigenvalue weighted by Gasteiger charge is 2.20. The van der Waals surface area contributed by atoms with Crippen molar-refractivity contribution in [1.82, 2.24) is 0 Å². The fraction of sp³-hybridized carbons (Fsp3) is 0.188. The monoisotopic (exact) mass is 254 g/mol. The van der Waals surface area contributed by atoms with Gasteiger partial charge in [0.05, 0.1) is 0 Å². The van der Waals surface area contributed by atoms with Gasteiger partial charge < -0.3 is 9.47 Å². The molecule has 1 aliphatic rings. The Bertz CT molecular complexity index is 665. The van der Waals surface area contributed by atoms with Crippen LogP contribution in [0, 0.1) is 0 Å². The Hall–Kier alpha value is -2.13. The zero-order valence-corrected chi connectivity index (χ0v) is 10.7. The van der Waals surface area contributed by atoms with E-state index in [0.29, 0.717) is 12.4 Å². The Balaban J connectivity index is 2.09. The number of ketones is 1. The maximum Gasteiger partial charge on any atom is 0.190 e. The lowest BCUT2D eigenvalue weighted by atomic mass is 9.91. The zero-order chi connectivity index (χ0) is 13.2. The van der Waals surface area contributed by atoms with Crippen LogP contribution in [0.15, 0.2) is 42.5 Å². The van der Waals surface area contributed by atoms with Crippen LogP contribution in [0.3, 0.4) is 0 Å². The summed E-state index contributed by atoms with van der Waals surface area (Å²) in [5, 5.41) is 2.01. The standard InChI is InChI=1S/C16H14O3/c1-2-18-10-19-15-9-14(17)12-7-3-5-11-6-4-8-13(15)16(11)12/h3-9H,2,10H2,1H3. The second-order valence-corrected chi connectivity index (χ2v) is 4.34. The van der Waals surface area contributed by atoms with Crippen LogP contribution in [0.25, 0.3) is 16.5 Å².